The molecule has 0 rings (SSSR count). The lowest BCUT2D eigenvalue weighted by Crippen LogP contribution is -2.29. The molecule has 0 aromatic rings. The van der Waals surface area contributed by atoms with Crippen LogP contribution in [-0.2, 0) is 4.79 Å². The molecule has 3 nitrogen and oxygen atoms in total. The number of hydrogen-bond donors (Lipinski definition) is 2. The minimum atomic E-state index is 0.163. The summed E-state index contributed by atoms with van der Waals surface area (Å²) in [7, 11) is 0. The zero-order valence-electron chi connectivity index (χ0n) is 12.7. The molecule has 0 spiro atoms. The third-order valence-corrected chi connectivity index (χ3v) is 3.14. The van der Waals surface area contributed by atoms with E-state index in [1.165, 1.54) is 12.8 Å². The van der Waals surface area contributed by atoms with E-state index in [0.717, 1.165) is 25.3 Å². The summed E-state index contributed by atoms with van der Waals surface area (Å²) in [5.41, 5.74) is 5.70. The van der Waals surface area contributed by atoms with E-state index in [2.05, 4.69) is 33.0 Å². The molecule has 1 amide bonds. The van der Waals surface area contributed by atoms with Crippen molar-refractivity contribution in [3.05, 3.63) is 0 Å². The van der Waals surface area contributed by atoms with Crippen LogP contribution in [0, 0.1) is 17.8 Å². The first-order valence-electron chi connectivity index (χ1n) is 7.42. The molecule has 0 saturated carbocycles. The minimum absolute atomic E-state index is 0.163. The molecular formula is C15H32N2O. The number of carbonyl (C=O) groups is 1. The van der Waals surface area contributed by atoms with Gasteiger partial charge >= 0.3 is 0 Å². The van der Waals surface area contributed by atoms with Crippen LogP contribution in [0.2, 0.25) is 0 Å². The molecule has 0 aliphatic rings. The molecule has 0 fully saturated rings. The summed E-state index contributed by atoms with van der Waals surface area (Å²) in [6.07, 6.45) is 5.15. The van der Waals surface area contributed by atoms with Gasteiger partial charge in [0.1, 0.15) is 0 Å². The molecule has 0 saturated heterocycles. The van der Waals surface area contributed by atoms with Gasteiger partial charge in [0.25, 0.3) is 0 Å². The van der Waals surface area contributed by atoms with Crippen molar-refractivity contribution < 1.29 is 4.79 Å². The highest BCUT2D eigenvalue weighted by atomic mass is 16.1. The smallest absolute Gasteiger partial charge is 0.220 e. The summed E-state index contributed by atoms with van der Waals surface area (Å²) in [5.74, 6) is 1.86. The lowest BCUT2D eigenvalue weighted by Gasteiger charge is -2.16. The van der Waals surface area contributed by atoms with E-state index in [9.17, 15) is 4.79 Å². The maximum Gasteiger partial charge on any atom is 0.220 e. The van der Waals surface area contributed by atoms with E-state index in [0.29, 0.717) is 24.8 Å². The Morgan fingerprint density at radius 3 is 2.28 bits per heavy atom. The Labute approximate surface area is 113 Å². The van der Waals surface area contributed by atoms with Crippen LogP contribution in [0.5, 0.6) is 0 Å². The summed E-state index contributed by atoms with van der Waals surface area (Å²) in [6, 6.07) is 0. The number of hydrogen-bond acceptors (Lipinski definition) is 2. The molecule has 0 heterocycles. The second-order valence-corrected chi connectivity index (χ2v) is 6.17. The SMILES string of the molecule is CC(C)CCCCNC(=O)CC(CN)CC(C)C. The molecule has 0 bridgehead atoms. The van der Waals surface area contributed by atoms with Crippen molar-refractivity contribution in [1.29, 1.82) is 0 Å². The topological polar surface area (TPSA) is 55.1 Å². The Balaban J connectivity index is 3.62. The Morgan fingerprint density at radius 2 is 1.78 bits per heavy atom. The Kier molecular flexibility index (Phi) is 10.0. The average molecular weight is 256 g/mol. The molecular weight excluding hydrogens is 224 g/mol. The fourth-order valence-corrected chi connectivity index (χ4v) is 2.17. The molecule has 3 heteroatoms. The van der Waals surface area contributed by atoms with E-state index < -0.39 is 0 Å². The molecule has 18 heavy (non-hydrogen) atoms. The van der Waals surface area contributed by atoms with Crippen molar-refractivity contribution in [3.8, 4) is 0 Å². The van der Waals surface area contributed by atoms with Crippen LogP contribution in [-0.4, -0.2) is 19.0 Å². The van der Waals surface area contributed by atoms with Crippen LogP contribution in [0.1, 0.15) is 59.8 Å². The molecule has 0 aromatic carbocycles. The van der Waals surface area contributed by atoms with Crippen molar-refractivity contribution in [2.45, 2.75) is 59.8 Å². The average Bonchev–Trinajstić information content (AvgIpc) is 2.26. The molecule has 0 aromatic heterocycles. The first-order valence-corrected chi connectivity index (χ1v) is 7.42. The predicted octanol–water partition coefficient (Wildman–Crippen LogP) is 2.94. The quantitative estimate of drug-likeness (QED) is 0.590. The van der Waals surface area contributed by atoms with Crippen LogP contribution in [0.25, 0.3) is 0 Å². The van der Waals surface area contributed by atoms with Crippen LogP contribution >= 0.6 is 0 Å². The fraction of sp³-hybridized carbons (Fsp3) is 0.933. The van der Waals surface area contributed by atoms with Gasteiger partial charge in [-0.1, -0.05) is 40.5 Å². The van der Waals surface area contributed by atoms with Gasteiger partial charge in [0.05, 0.1) is 0 Å². The number of rotatable bonds is 10. The zero-order valence-corrected chi connectivity index (χ0v) is 12.7. The highest BCUT2D eigenvalue weighted by molar-refractivity contribution is 5.76. The predicted molar refractivity (Wildman–Crippen MR) is 78.3 cm³/mol. The van der Waals surface area contributed by atoms with Gasteiger partial charge in [0.15, 0.2) is 0 Å². The molecule has 3 N–H and O–H groups in total. The lowest BCUT2D eigenvalue weighted by molar-refractivity contribution is -0.122. The summed E-state index contributed by atoms with van der Waals surface area (Å²) in [5, 5.41) is 3.00. The van der Waals surface area contributed by atoms with E-state index in [1.807, 2.05) is 0 Å². The third kappa shape index (κ3) is 10.6. The summed E-state index contributed by atoms with van der Waals surface area (Å²) in [6.45, 7) is 10.2. The van der Waals surface area contributed by atoms with Crippen LogP contribution in [0.15, 0.2) is 0 Å². The summed E-state index contributed by atoms with van der Waals surface area (Å²) >= 11 is 0. The van der Waals surface area contributed by atoms with Gasteiger partial charge in [-0.15, -0.1) is 0 Å². The van der Waals surface area contributed by atoms with Crippen molar-refractivity contribution in [2.75, 3.05) is 13.1 Å². The van der Waals surface area contributed by atoms with Crippen molar-refractivity contribution >= 4 is 5.91 Å². The monoisotopic (exact) mass is 256 g/mol. The molecule has 0 radical (unpaired) electrons. The molecule has 108 valence electrons. The number of amides is 1. The van der Waals surface area contributed by atoms with Gasteiger partial charge < -0.3 is 11.1 Å². The van der Waals surface area contributed by atoms with Gasteiger partial charge in [-0.2, -0.15) is 0 Å². The van der Waals surface area contributed by atoms with Gasteiger partial charge in [-0.3, -0.25) is 4.79 Å². The Hall–Kier alpha value is -0.570. The number of unbranched alkanes of at least 4 members (excludes halogenated alkanes) is 1. The van der Waals surface area contributed by atoms with Gasteiger partial charge in [0, 0.05) is 13.0 Å². The van der Waals surface area contributed by atoms with Gasteiger partial charge in [-0.05, 0) is 37.1 Å². The van der Waals surface area contributed by atoms with Gasteiger partial charge in [-0.25, -0.2) is 0 Å². The fourth-order valence-electron chi connectivity index (χ4n) is 2.17. The lowest BCUT2D eigenvalue weighted by atomic mass is 9.94. The van der Waals surface area contributed by atoms with Crippen molar-refractivity contribution in [3.63, 3.8) is 0 Å². The van der Waals surface area contributed by atoms with E-state index in [4.69, 9.17) is 5.73 Å². The Morgan fingerprint density at radius 1 is 1.11 bits per heavy atom. The number of nitrogens with one attached hydrogen (secondary N) is 1. The maximum absolute atomic E-state index is 11.7. The molecule has 1 unspecified atom stereocenters. The standard InChI is InChI=1S/C15H32N2O/c1-12(2)7-5-6-8-17-15(18)10-14(11-16)9-13(3)4/h12-14H,5-11,16H2,1-4H3,(H,17,18). The highest BCUT2D eigenvalue weighted by Crippen LogP contribution is 2.14. The van der Waals surface area contributed by atoms with Crippen LogP contribution in [0.4, 0.5) is 0 Å². The third-order valence-electron chi connectivity index (χ3n) is 3.14. The summed E-state index contributed by atoms with van der Waals surface area (Å²) < 4.78 is 0. The molecule has 0 aliphatic heterocycles. The first kappa shape index (κ1) is 17.4. The minimum Gasteiger partial charge on any atom is -0.356 e. The van der Waals surface area contributed by atoms with Crippen molar-refractivity contribution in [1.82, 2.24) is 5.32 Å². The van der Waals surface area contributed by atoms with Crippen LogP contribution < -0.4 is 11.1 Å². The van der Waals surface area contributed by atoms with E-state index in [-0.39, 0.29) is 5.91 Å². The second-order valence-electron chi connectivity index (χ2n) is 6.17. The maximum atomic E-state index is 11.7. The molecule has 0 aliphatic carbocycles. The van der Waals surface area contributed by atoms with E-state index in [1.54, 1.807) is 0 Å². The van der Waals surface area contributed by atoms with Crippen LogP contribution in [0.3, 0.4) is 0 Å². The zero-order chi connectivity index (χ0) is 14.0. The normalized spacial score (nSPS) is 13.1. The largest absolute Gasteiger partial charge is 0.356 e. The highest BCUT2D eigenvalue weighted by Gasteiger charge is 2.13. The van der Waals surface area contributed by atoms with Crippen molar-refractivity contribution in [2.24, 2.45) is 23.5 Å². The molecule has 1 atom stereocenters. The number of carbonyl (C=O) groups excluding carboxylic acids is 1. The van der Waals surface area contributed by atoms with E-state index >= 15 is 0 Å². The second kappa shape index (κ2) is 10.4. The Bertz CT molecular complexity index is 215. The van der Waals surface area contributed by atoms with Gasteiger partial charge in [0.2, 0.25) is 5.91 Å². The first-order chi connectivity index (χ1) is 8.45. The number of nitrogens with two attached hydrogens (primary N) is 1. The summed E-state index contributed by atoms with van der Waals surface area (Å²) in [4.78, 5) is 11.7.